The first-order valence-electron chi connectivity index (χ1n) is 8.23. The van der Waals surface area contributed by atoms with Gasteiger partial charge in [-0.2, -0.15) is 0 Å². The molecule has 4 heterocycles. The fourth-order valence-corrected chi connectivity index (χ4v) is 3.67. The van der Waals surface area contributed by atoms with E-state index in [-0.39, 0.29) is 5.91 Å². The van der Waals surface area contributed by atoms with Crippen molar-refractivity contribution in [3.05, 3.63) is 11.6 Å². The molecule has 1 aromatic heterocycles. The quantitative estimate of drug-likeness (QED) is 0.788. The van der Waals surface area contributed by atoms with E-state index in [1.54, 1.807) is 0 Å². The van der Waals surface area contributed by atoms with Gasteiger partial charge in [-0.1, -0.05) is 0 Å². The summed E-state index contributed by atoms with van der Waals surface area (Å²) in [4.78, 5) is 14.3. The molecule has 1 amide bonds. The number of hydrogen-bond acceptors (Lipinski definition) is 5. The second kappa shape index (κ2) is 5.96. The molecular formula is C15H22N4O3. The lowest BCUT2D eigenvalue weighted by molar-refractivity contribution is -0.159. The van der Waals surface area contributed by atoms with Gasteiger partial charge in [0.1, 0.15) is 11.6 Å². The minimum absolute atomic E-state index is 0.0737. The Morgan fingerprint density at radius 1 is 1.14 bits per heavy atom. The smallest absolute Gasteiger partial charge is 0.254 e. The highest BCUT2D eigenvalue weighted by Gasteiger charge is 2.33. The van der Waals surface area contributed by atoms with Crippen molar-refractivity contribution in [2.24, 2.45) is 0 Å². The van der Waals surface area contributed by atoms with Crippen molar-refractivity contribution in [3.63, 3.8) is 0 Å². The number of hydrogen-bond donors (Lipinski definition) is 0. The Balaban J connectivity index is 1.37. The fourth-order valence-electron chi connectivity index (χ4n) is 3.67. The first kappa shape index (κ1) is 14.1. The van der Waals surface area contributed by atoms with Crippen LogP contribution in [0.1, 0.15) is 36.8 Å². The standard InChI is InChI=1S/C15H22N4O3/c20-15(12-10-21-8-9-22-12)18-6-3-11(4-7-18)14-17-16-13-2-1-5-19(13)14/h11-12H,1-10H2. The number of rotatable bonds is 2. The van der Waals surface area contributed by atoms with Crippen LogP contribution in [0.4, 0.5) is 0 Å². The maximum Gasteiger partial charge on any atom is 0.254 e. The normalized spacial score (nSPS) is 26.2. The molecule has 0 N–H and O–H groups in total. The van der Waals surface area contributed by atoms with Crippen LogP contribution in [-0.2, 0) is 27.2 Å². The molecule has 2 fully saturated rings. The maximum atomic E-state index is 12.4. The lowest BCUT2D eigenvalue weighted by Gasteiger charge is -2.34. The van der Waals surface area contributed by atoms with Gasteiger partial charge in [0.2, 0.25) is 0 Å². The van der Waals surface area contributed by atoms with E-state index in [1.165, 1.54) is 6.42 Å². The van der Waals surface area contributed by atoms with Crippen molar-refractivity contribution in [1.29, 1.82) is 0 Å². The Labute approximate surface area is 129 Å². The van der Waals surface area contributed by atoms with E-state index in [4.69, 9.17) is 9.47 Å². The molecule has 4 rings (SSSR count). The minimum Gasteiger partial charge on any atom is -0.376 e. The molecule has 0 bridgehead atoms. The topological polar surface area (TPSA) is 69.5 Å². The van der Waals surface area contributed by atoms with Crippen LogP contribution in [0.2, 0.25) is 0 Å². The summed E-state index contributed by atoms with van der Waals surface area (Å²) < 4.78 is 13.1. The van der Waals surface area contributed by atoms with E-state index >= 15 is 0 Å². The van der Waals surface area contributed by atoms with Crippen molar-refractivity contribution in [2.75, 3.05) is 32.9 Å². The van der Waals surface area contributed by atoms with Crippen LogP contribution in [-0.4, -0.2) is 64.6 Å². The summed E-state index contributed by atoms with van der Waals surface area (Å²) in [5.74, 6) is 2.75. The predicted molar refractivity (Wildman–Crippen MR) is 77.5 cm³/mol. The predicted octanol–water partition coefficient (Wildman–Crippen LogP) is 0.346. The Kier molecular flexibility index (Phi) is 3.83. The minimum atomic E-state index is -0.414. The zero-order chi connectivity index (χ0) is 14.9. The molecule has 0 saturated carbocycles. The van der Waals surface area contributed by atoms with E-state index < -0.39 is 6.10 Å². The van der Waals surface area contributed by atoms with Gasteiger partial charge >= 0.3 is 0 Å². The number of carbonyl (C=O) groups excluding carboxylic acids is 1. The van der Waals surface area contributed by atoms with Crippen LogP contribution in [0.5, 0.6) is 0 Å². The zero-order valence-electron chi connectivity index (χ0n) is 12.7. The van der Waals surface area contributed by atoms with Crippen LogP contribution in [0, 0.1) is 0 Å². The highest BCUT2D eigenvalue weighted by atomic mass is 16.6. The molecule has 22 heavy (non-hydrogen) atoms. The van der Waals surface area contributed by atoms with Gasteiger partial charge in [0.25, 0.3) is 5.91 Å². The number of carbonyl (C=O) groups is 1. The average molecular weight is 306 g/mol. The van der Waals surface area contributed by atoms with Gasteiger partial charge in [-0.3, -0.25) is 4.79 Å². The molecule has 7 heteroatoms. The van der Waals surface area contributed by atoms with E-state index in [2.05, 4.69) is 14.8 Å². The molecule has 3 aliphatic heterocycles. The third-order valence-corrected chi connectivity index (χ3v) is 4.90. The van der Waals surface area contributed by atoms with Gasteiger partial charge in [-0.15, -0.1) is 10.2 Å². The van der Waals surface area contributed by atoms with Gasteiger partial charge < -0.3 is 18.9 Å². The number of piperidine rings is 1. The van der Waals surface area contributed by atoms with E-state index in [0.717, 1.165) is 50.5 Å². The van der Waals surface area contributed by atoms with Gasteiger partial charge in [-0.25, -0.2) is 0 Å². The summed E-state index contributed by atoms with van der Waals surface area (Å²) in [6.07, 6.45) is 3.72. The monoisotopic (exact) mass is 306 g/mol. The molecule has 1 aromatic rings. The summed E-state index contributed by atoms with van der Waals surface area (Å²) in [5.41, 5.74) is 0. The molecule has 120 valence electrons. The lowest BCUT2D eigenvalue weighted by atomic mass is 9.95. The molecule has 0 spiro atoms. The second-order valence-electron chi connectivity index (χ2n) is 6.26. The molecule has 0 aromatic carbocycles. The molecule has 0 aliphatic carbocycles. The first-order valence-corrected chi connectivity index (χ1v) is 8.23. The van der Waals surface area contributed by atoms with Gasteiger partial charge in [0.15, 0.2) is 6.10 Å². The van der Waals surface area contributed by atoms with Crippen LogP contribution < -0.4 is 0 Å². The van der Waals surface area contributed by atoms with E-state index in [0.29, 0.717) is 25.7 Å². The highest BCUT2D eigenvalue weighted by Crippen LogP contribution is 2.29. The summed E-state index contributed by atoms with van der Waals surface area (Å²) in [6, 6.07) is 0. The average Bonchev–Trinajstić information content (AvgIpc) is 3.18. The maximum absolute atomic E-state index is 12.4. The fraction of sp³-hybridized carbons (Fsp3) is 0.800. The zero-order valence-corrected chi connectivity index (χ0v) is 12.7. The number of likely N-dealkylation sites (tertiary alicyclic amines) is 1. The Hall–Kier alpha value is -1.47. The molecule has 1 unspecified atom stereocenters. The molecule has 7 nitrogen and oxygen atoms in total. The number of nitrogens with zero attached hydrogens (tertiary/aromatic N) is 4. The molecule has 3 aliphatic rings. The Morgan fingerprint density at radius 3 is 2.77 bits per heavy atom. The first-order chi connectivity index (χ1) is 10.8. The molecule has 2 saturated heterocycles. The van der Waals surface area contributed by atoms with Crippen molar-refractivity contribution in [3.8, 4) is 0 Å². The van der Waals surface area contributed by atoms with Crippen molar-refractivity contribution in [2.45, 2.75) is 44.2 Å². The van der Waals surface area contributed by atoms with Gasteiger partial charge in [0, 0.05) is 32.0 Å². The second-order valence-corrected chi connectivity index (χ2v) is 6.26. The Bertz CT molecular complexity index is 545. The number of amides is 1. The van der Waals surface area contributed by atoms with Crippen molar-refractivity contribution in [1.82, 2.24) is 19.7 Å². The molecule has 0 radical (unpaired) electrons. The van der Waals surface area contributed by atoms with Crippen LogP contribution in [0.25, 0.3) is 0 Å². The Morgan fingerprint density at radius 2 is 2.00 bits per heavy atom. The highest BCUT2D eigenvalue weighted by molar-refractivity contribution is 5.81. The van der Waals surface area contributed by atoms with Crippen molar-refractivity contribution < 1.29 is 14.3 Å². The van der Waals surface area contributed by atoms with E-state index in [1.807, 2.05) is 4.90 Å². The summed E-state index contributed by atoms with van der Waals surface area (Å²) >= 11 is 0. The van der Waals surface area contributed by atoms with Gasteiger partial charge in [0.05, 0.1) is 19.8 Å². The van der Waals surface area contributed by atoms with Crippen LogP contribution in [0.15, 0.2) is 0 Å². The van der Waals surface area contributed by atoms with E-state index in [9.17, 15) is 4.79 Å². The van der Waals surface area contributed by atoms with Crippen molar-refractivity contribution >= 4 is 5.91 Å². The van der Waals surface area contributed by atoms with Gasteiger partial charge in [-0.05, 0) is 19.3 Å². The summed E-state index contributed by atoms with van der Waals surface area (Å²) in [5, 5.41) is 8.68. The SMILES string of the molecule is O=C(C1COCCO1)N1CCC(c2nnc3n2CCC3)CC1. The summed E-state index contributed by atoms with van der Waals surface area (Å²) in [6.45, 7) is 4.07. The third-order valence-electron chi connectivity index (χ3n) is 4.90. The number of fused-ring (bicyclic) bond motifs is 1. The summed E-state index contributed by atoms with van der Waals surface area (Å²) in [7, 11) is 0. The molecular weight excluding hydrogens is 284 g/mol. The van der Waals surface area contributed by atoms with Crippen LogP contribution in [0.3, 0.4) is 0 Å². The molecule has 1 atom stereocenters. The van der Waals surface area contributed by atoms with Crippen LogP contribution >= 0.6 is 0 Å². The number of ether oxygens (including phenoxy) is 2. The number of aromatic nitrogens is 3. The largest absolute Gasteiger partial charge is 0.376 e. The lowest BCUT2D eigenvalue weighted by Crippen LogP contribution is -2.48. The third kappa shape index (κ3) is 2.52. The number of aryl methyl sites for hydroxylation is 1.